The highest BCUT2D eigenvalue weighted by atomic mass is 79.9. The second kappa shape index (κ2) is 10.6. The molecule has 0 fully saturated rings. The zero-order chi connectivity index (χ0) is 20.6. The van der Waals surface area contributed by atoms with Gasteiger partial charge in [-0.1, -0.05) is 17.7 Å². The van der Waals surface area contributed by atoms with Crippen molar-refractivity contribution in [3.05, 3.63) is 86.9 Å². The highest BCUT2D eigenvalue weighted by molar-refractivity contribution is 9.10. The van der Waals surface area contributed by atoms with Gasteiger partial charge in [0.15, 0.2) is 11.5 Å². The third-order valence-corrected chi connectivity index (χ3v) is 5.14. The number of aromatic nitrogens is 1. The Balaban J connectivity index is 1.72. The van der Waals surface area contributed by atoms with Crippen molar-refractivity contribution in [2.75, 3.05) is 6.61 Å². The zero-order valence-electron chi connectivity index (χ0n) is 15.9. The molecule has 3 aromatic rings. The number of hydrogen-bond donors (Lipinski definition) is 1. The fourth-order valence-corrected chi connectivity index (χ4v) is 3.61. The van der Waals surface area contributed by atoms with Gasteiger partial charge in [-0.05, 0) is 70.4 Å². The maximum absolute atomic E-state index is 14.0. The molecule has 3 rings (SSSR count). The van der Waals surface area contributed by atoms with E-state index in [2.05, 4.69) is 26.2 Å². The minimum Gasteiger partial charge on any atom is -0.490 e. The van der Waals surface area contributed by atoms with Gasteiger partial charge < -0.3 is 14.8 Å². The number of hydrogen-bond acceptors (Lipinski definition) is 4. The van der Waals surface area contributed by atoms with Gasteiger partial charge in [0.05, 0.1) is 16.1 Å². The SMILES string of the molecule is CCOc1cc(CNCc2ccncc2)cc(Br)c1OCc1c(F)cccc1Cl. The number of halogens is 3. The second-order valence-electron chi connectivity index (χ2n) is 6.29. The van der Waals surface area contributed by atoms with Crippen LogP contribution >= 0.6 is 27.5 Å². The van der Waals surface area contributed by atoms with E-state index in [0.29, 0.717) is 35.2 Å². The van der Waals surface area contributed by atoms with E-state index in [4.69, 9.17) is 21.1 Å². The van der Waals surface area contributed by atoms with E-state index < -0.39 is 5.82 Å². The second-order valence-corrected chi connectivity index (χ2v) is 7.55. The van der Waals surface area contributed by atoms with Crippen molar-refractivity contribution in [3.63, 3.8) is 0 Å². The van der Waals surface area contributed by atoms with Crippen LogP contribution in [0.25, 0.3) is 0 Å². The van der Waals surface area contributed by atoms with Crippen molar-refractivity contribution in [1.29, 1.82) is 0 Å². The van der Waals surface area contributed by atoms with Gasteiger partial charge in [-0.25, -0.2) is 4.39 Å². The first-order valence-corrected chi connectivity index (χ1v) is 10.4. The van der Waals surface area contributed by atoms with Crippen LogP contribution < -0.4 is 14.8 Å². The Bertz CT molecular complexity index is 937. The van der Waals surface area contributed by atoms with Gasteiger partial charge >= 0.3 is 0 Å². The van der Waals surface area contributed by atoms with Crippen LogP contribution in [0.15, 0.2) is 59.3 Å². The summed E-state index contributed by atoms with van der Waals surface area (Å²) in [7, 11) is 0. The summed E-state index contributed by atoms with van der Waals surface area (Å²) in [4.78, 5) is 4.02. The molecule has 0 aliphatic rings. The number of ether oxygens (including phenoxy) is 2. The van der Waals surface area contributed by atoms with Crippen molar-refractivity contribution in [2.24, 2.45) is 0 Å². The van der Waals surface area contributed by atoms with Gasteiger partial charge in [-0.3, -0.25) is 4.98 Å². The van der Waals surface area contributed by atoms with E-state index >= 15 is 0 Å². The number of benzene rings is 2. The molecule has 0 saturated carbocycles. The Morgan fingerprint density at radius 3 is 2.55 bits per heavy atom. The quantitative estimate of drug-likeness (QED) is 0.415. The molecule has 152 valence electrons. The monoisotopic (exact) mass is 478 g/mol. The van der Waals surface area contributed by atoms with Crippen LogP contribution in [0.5, 0.6) is 11.5 Å². The molecule has 7 heteroatoms. The molecule has 0 amide bonds. The molecule has 2 aromatic carbocycles. The molecule has 1 aromatic heterocycles. The summed E-state index contributed by atoms with van der Waals surface area (Å²) in [6.45, 7) is 3.77. The van der Waals surface area contributed by atoms with E-state index in [1.165, 1.54) is 6.07 Å². The van der Waals surface area contributed by atoms with Crippen LogP contribution in [0.3, 0.4) is 0 Å². The summed E-state index contributed by atoms with van der Waals surface area (Å²) in [5, 5.41) is 3.72. The number of pyridine rings is 1. The van der Waals surface area contributed by atoms with Gasteiger partial charge in [-0.2, -0.15) is 0 Å². The van der Waals surface area contributed by atoms with Gasteiger partial charge in [0, 0.05) is 31.0 Å². The molecular formula is C22H21BrClFN2O2. The van der Waals surface area contributed by atoms with Crippen molar-refractivity contribution in [1.82, 2.24) is 10.3 Å². The lowest BCUT2D eigenvalue weighted by Gasteiger charge is -2.16. The van der Waals surface area contributed by atoms with E-state index in [0.717, 1.165) is 22.1 Å². The standard InChI is InChI=1S/C22H21BrClFN2O2/c1-2-28-21-11-16(13-27-12-15-6-8-26-9-7-15)10-18(23)22(21)29-14-17-19(24)4-3-5-20(17)25/h3-11,27H,2,12-14H2,1H3. The molecule has 0 atom stereocenters. The lowest BCUT2D eigenvalue weighted by atomic mass is 10.2. The van der Waals surface area contributed by atoms with E-state index in [9.17, 15) is 4.39 Å². The molecule has 1 N–H and O–H groups in total. The summed E-state index contributed by atoms with van der Waals surface area (Å²) in [6.07, 6.45) is 3.55. The molecule has 1 heterocycles. The van der Waals surface area contributed by atoms with E-state index in [1.807, 2.05) is 31.2 Å². The summed E-state index contributed by atoms with van der Waals surface area (Å²) < 4.78 is 26.4. The zero-order valence-corrected chi connectivity index (χ0v) is 18.3. The molecule has 0 spiro atoms. The predicted molar refractivity (Wildman–Crippen MR) is 116 cm³/mol. The summed E-state index contributed by atoms with van der Waals surface area (Å²) in [5.41, 5.74) is 2.50. The normalized spacial score (nSPS) is 10.8. The maximum atomic E-state index is 14.0. The van der Waals surface area contributed by atoms with Crippen molar-refractivity contribution < 1.29 is 13.9 Å². The summed E-state index contributed by atoms with van der Waals surface area (Å²) in [6, 6.07) is 12.4. The van der Waals surface area contributed by atoms with Gasteiger partial charge in [0.1, 0.15) is 12.4 Å². The minimum atomic E-state index is -0.400. The Morgan fingerprint density at radius 1 is 1.07 bits per heavy atom. The Labute approximate surface area is 183 Å². The van der Waals surface area contributed by atoms with Gasteiger partial charge in [-0.15, -0.1) is 0 Å². The molecule has 0 radical (unpaired) electrons. The average molecular weight is 480 g/mol. The first kappa shape index (κ1) is 21.6. The highest BCUT2D eigenvalue weighted by Crippen LogP contribution is 2.38. The van der Waals surface area contributed by atoms with E-state index in [-0.39, 0.29) is 6.61 Å². The molecule has 0 saturated heterocycles. The number of rotatable bonds is 9. The molecule has 0 bridgehead atoms. The first-order valence-electron chi connectivity index (χ1n) is 9.19. The summed E-state index contributed by atoms with van der Waals surface area (Å²) >= 11 is 9.64. The smallest absolute Gasteiger partial charge is 0.175 e. The number of nitrogens with one attached hydrogen (secondary N) is 1. The fourth-order valence-electron chi connectivity index (χ4n) is 2.79. The third-order valence-electron chi connectivity index (χ3n) is 4.20. The lowest BCUT2D eigenvalue weighted by molar-refractivity contribution is 0.264. The fraction of sp³-hybridized carbons (Fsp3) is 0.227. The van der Waals surface area contributed by atoms with Crippen LogP contribution in [0.4, 0.5) is 4.39 Å². The Kier molecular flexibility index (Phi) is 7.86. The molecule has 0 unspecified atom stereocenters. The topological polar surface area (TPSA) is 43.4 Å². The van der Waals surface area contributed by atoms with Crippen LogP contribution in [0, 0.1) is 5.82 Å². The minimum absolute atomic E-state index is 0.00379. The van der Waals surface area contributed by atoms with Gasteiger partial charge in [0.2, 0.25) is 0 Å². The van der Waals surface area contributed by atoms with Crippen molar-refractivity contribution >= 4 is 27.5 Å². The molecule has 0 aliphatic carbocycles. The maximum Gasteiger partial charge on any atom is 0.175 e. The van der Waals surface area contributed by atoms with Crippen LogP contribution in [-0.2, 0) is 19.7 Å². The summed E-state index contributed by atoms with van der Waals surface area (Å²) in [5.74, 6) is 0.711. The largest absolute Gasteiger partial charge is 0.490 e. The molecule has 4 nitrogen and oxygen atoms in total. The number of nitrogens with zero attached hydrogens (tertiary/aromatic N) is 1. The Hall–Kier alpha value is -2.15. The predicted octanol–water partition coefficient (Wildman–Crippen LogP) is 5.90. The first-order chi connectivity index (χ1) is 14.1. The Morgan fingerprint density at radius 2 is 1.83 bits per heavy atom. The van der Waals surface area contributed by atoms with Crippen molar-refractivity contribution in [2.45, 2.75) is 26.6 Å². The van der Waals surface area contributed by atoms with Crippen LogP contribution in [-0.4, -0.2) is 11.6 Å². The molecule has 0 aliphatic heterocycles. The lowest BCUT2D eigenvalue weighted by Crippen LogP contribution is -2.13. The molecular weight excluding hydrogens is 459 g/mol. The average Bonchev–Trinajstić information content (AvgIpc) is 2.70. The van der Waals surface area contributed by atoms with Gasteiger partial charge in [0.25, 0.3) is 0 Å². The van der Waals surface area contributed by atoms with Crippen LogP contribution in [0.1, 0.15) is 23.6 Å². The highest BCUT2D eigenvalue weighted by Gasteiger charge is 2.15. The molecule has 29 heavy (non-hydrogen) atoms. The van der Waals surface area contributed by atoms with E-state index in [1.54, 1.807) is 24.5 Å². The van der Waals surface area contributed by atoms with Crippen molar-refractivity contribution in [3.8, 4) is 11.5 Å². The third kappa shape index (κ3) is 5.92. The van der Waals surface area contributed by atoms with Crippen LogP contribution in [0.2, 0.25) is 5.02 Å².